The van der Waals surface area contributed by atoms with E-state index in [1.807, 2.05) is 29.2 Å². The highest BCUT2D eigenvalue weighted by Gasteiger charge is 2.27. The molecule has 0 saturated carbocycles. The second kappa shape index (κ2) is 10.3. The van der Waals surface area contributed by atoms with E-state index < -0.39 is 0 Å². The van der Waals surface area contributed by atoms with Gasteiger partial charge in [-0.1, -0.05) is 35.1 Å². The maximum atomic E-state index is 12.9. The molecule has 3 aromatic rings. The van der Waals surface area contributed by atoms with Crippen LogP contribution in [-0.2, 0) is 22.6 Å². The lowest BCUT2D eigenvalue weighted by molar-refractivity contribution is -0.124. The first kappa shape index (κ1) is 23.2. The zero-order chi connectivity index (χ0) is 23.4. The zero-order valence-electron chi connectivity index (χ0n) is 18.2. The Morgan fingerprint density at radius 3 is 2.82 bits per heavy atom. The third-order valence-corrected chi connectivity index (χ3v) is 6.99. The van der Waals surface area contributed by atoms with E-state index in [4.69, 9.17) is 11.6 Å². The van der Waals surface area contributed by atoms with Crippen LogP contribution in [0.5, 0.6) is 0 Å². The highest BCUT2D eigenvalue weighted by molar-refractivity contribution is 7.22. The predicted octanol–water partition coefficient (Wildman–Crippen LogP) is 1.83. The van der Waals surface area contributed by atoms with E-state index in [0.29, 0.717) is 40.0 Å². The molecule has 1 aromatic carbocycles. The molecule has 0 radical (unpaired) electrons. The van der Waals surface area contributed by atoms with Crippen molar-refractivity contribution in [2.45, 2.75) is 25.8 Å². The van der Waals surface area contributed by atoms with Gasteiger partial charge in [-0.15, -0.1) is 0 Å². The van der Waals surface area contributed by atoms with Crippen LogP contribution in [0, 0.1) is 5.92 Å². The smallest absolute Gasteiger partial charge is 0.273 e. The van der Waals surface area contributed by atoms with Gasteiger partial charge in [0.15, 0.2) is 10.8 Å². The van der Waals surface area contributed by atoms with Gasteiger partial charge in [0.1, 0.15) is 17.6 Å². The SMILES string of the molecule is CNC(=O)[C@H]1CCCN(c2nc3ncn(CC(=O)NCCc4ccc(Cl)cc4)c(=O)c3s2)C1. The molecule has 2 N–H and O–H groups in total. The van der Waals surface area contributed by atoms with Gasteiger partial charge in [0.2, 0.25) is 11.8 Å². The molecule has 1 aliphatic rings. The van der Waals surface area contributed by atoms with E-state index in [-0.39, 0.29) is 29.8 Å². The molecule has 4 rings (SSSR count). The van der Waals surface area contributed by atoms with E-state index >= 15 is 0 Å². The number of halogens is 1. The number of hydrogen-bond donors (Lipinski definition) is 2. The molecule has 11 heteroatoms. The van der Waals surface area contributed by atoms with Crippen LogP contribution >= 0.6 is 22.9 Å². The topological polar surface area (TPSA) is 109 Å². The van der Waals surface area contributed by atoms with Gasteiger partial charge in [-0.25, -0.2) is 4.98 Å². The van der Waals surface area contributed by atoms with Gasteiger partial charge in [-0.2, -0.15) is 4.98 Å². The summed E-state index contributed by atoms with van der Waals surface area (Å²) in [6.07, 6.45) is 3.73. The molecule has 1 atom stereocenters. The number of hydrogen-bond acceptors (Lipinski definition) is 7. The summed E-state index contributed by atoms with van der Waals surface area (Å²) in [5, 5.41) is 6.88. The van der Waals surface area contributed by atoms with Crippen LogP contribution in [0.15, 0.2) is 35.4 Å². The van der Waals surface area contributed by atoms with Gasteiger partial charge in [-0.3, -0.25) is 19.0 Å². The number of anilines is 1. The summed E-state index contributed by atoms with van der Waals surface area (Å²) in [4.78, 5) is 48.1. The molecule has 0 spiro atoms. The van der Waals surface area contributed by atoms with Crippen molar-refractivity contribution in [2.24, 2.45) is 5.92 Å². The van der Waals surface area contributed by atoms with Crippen molar-refractivity contribution < 1.29 is 9.59 Å². The minimum atomic E-state index is -0.295. The van der Waals surface area contributed by atoms with Crippen molar-refractivity contribution in [1.82, 2.24) is 25.2 Å². The van der Waals surface area contributed by atoms with Crippen LogP contribution in [0.4, 0.5) is 5.13 Å². The van der Waals surface area contributed by atoms with E-state index in [2.05, 4.69) is 20.6 Å². The minimum absolute atomic E-state index is 0.0170. The Morgan fingerprint density at radius 2 is 2.06 bits per heavy atom. The van der Waals surface area contributed by atoms with Gasteiger partial charge in [0.05, 0.1) is 5.92 Å². The van der Waals surface area contributed by atoms with Gasteiger partial charge in [0, 0.05) is 31.7 Å². The molecule has 3 heterocycles. The summed E-state index contributed by atoms with van der Waals surface area (Å²) in [5.74, 6) is -0.346. The highest BCUT2D eigenvalue weighted by Crippen LogP contribution is 2.29. The van der Waals surface area contributed by atoms with E-state index in [0.717, 1.165) is 24.9 Å². The van der Waals surface area contributed by atoms with Crippen molar-refractivity contribution in [3.63, 3.8) is 0 Å². The van der Waals surface area contributed by atoms with Crippen molar-refractivity contribution in [3.05, 3.63) is 51.5 Å². The summed E-state index contributed by atoms with van der Waals surface area (Å²) in [5.41, 5.74) is 1.13. The molecule has 2 aromatic heterocycles. The van der Waals surface area contributed by atoms with Crippen LogP contribution in [0.25, 0.3) is 10.3 Å². The average molecular weight is 489 g/mol. The molecule has 1 fully saturated rings. The molecule has 1 saturated heterocycles. The molecule has 33 heavy (non-hydrogen) atoms. The number of fused-ring (bicyclic) bond motifs is 1. The number of aromatic nitrogens is 3. The number of carbonyl (C=O) groups excluding carboxylic acids is 2. The van der Waals surface area contributed by atoms with Crippen molar-refractivity contribution in [2.75, 3.05) is 31.6 Å². The Kier molecular flexibility index (Phi) is 7.24. The van der Waals surface area contributed by atoms with E-state index in [9.17, 15) is 14.4 Å². The van der Waals surface area contributed by atoms with Crippen LogP contribution in [0.3, 0.4) is 0 Å². The third kappa shape index (κ3) is 5.51. The first-order chi connectivity index (χ1) is 15.9. The molecule has 0 aliphatic carbocycles. The molecular formula is C22H25ClN6O3S. The molecule has 2 amide bonds. The average Bonchev–Trinajstić information content (AvgIpc) is 3.27. The molecule has 0 bridgehead atoms. The summed E-state index contributed by atoms with van der Waals surface area (Å²) >= 11 is 7.14. The molecule has 0 unspecified atom stereocenters. The predicted molar refractivity (Wildman–Crippen MR) is 129 cm³/mol. The molecule has 174 valence electrons. The summed E-state index contributed by atoms with van der Waals surface area (Å²) in [6, 6.07) is 7.45. The Balaban J connectivity index is 1.40. The molecule has 1 aliphatic heterocycles. The van der Waals surface area contributed by atoms with Crippen LogP contribution in [0.2, 0.25) is 5.02 Å². The Morgan fingerprint density at radius 1 is 1.27 bits per heavy atom. The van der Waals surface area contributed by atoms with Crippen molar-refractivity contribution in [1.29, 1.82) is 0 Å². The standard InChI is InChI=1S/C22H25ClN6O3S/c1-24-20(31)15-3-2-10-28(11-15)22-27-19-18(33-22)21(32)29(13-26-19)12-17(30)25-9-8-14-4-6-16(23)7-5-14/h4-7,13,15H,2-3,8-12H2,1H3,(H,24,31)(H,25,30)/t15-/m0/s1. The number of nitrogens with zero attached hydrogens (tertiary/aromatic N) is 4. The first-order valence-electron chi connectivity index (χ1n) is 10.8. The fraction of sp³-hybridized carbons (Fsp3) is 0.409. The fourth-order valence-electron chi connectivity index (χ4n) is 3.86. The number of nitrogens with one attached hydrogen (secondary N) is 2. The number of piperidine rings is 1. The quantitative estimate of drug-likeness (QED) is 0.525. The Bertz CT molecular complexity index is 1210. The van der Waals surface area contributed by atoms with Gasteiger partial charge in [0.25, 0.3) is 5.56 Å². The number of benzene rings is 1. The maximum absolute atomic E-state index is 12.9. The van der Waals surface area contributed by atoms with E-state index in [1.54, 1.807) is 7.05 Å². The highest BCUT2D eigenvalue weighted by atomic mass is 35.5. The molecule has 9 nitrogen and oxygen atoms in total. The number of rotatable bonds is 7. The van der Waals surface area contributed by atoms with Gasteiger partial charge < -0.3 is 15.5 Å². The number of amides is 2. The third-order valence-electron chi connectivity index (χ3n) is 5.64. The van der Waals surface area contributed by atoms with E-state index in [1.165, 1.54) is 22.2 Å². The minimum Gasteiger partial charge on any atom is -0.359 e. The lowest BCUT2D eigenvalue weighted by atomic mass is 9.98. The lowest BCUT2D eigenvalue weighted by Gasteiger charge is -2.31. The summed E-state index contributed by atoms with van der Waals surface area (Å²) < 4.78 is 1.70. The second-order valence-corrected chi connectivity index (χ2v) is 9.37. The Hall–Kier alpha value is -2.98. The largest absolute Gasteiger partial charge is 0.359 e. The fourth-order valence-corrected chi connectivity index (χ4v) is 4.99. The Labute approximate surface area is 199 Å². The van der Waals surface area contributed by atoms with Crippen LogP contribution in [-0.4, -0.2) is 53.0 Å². The summed E-state index contributed by atoms with van der Waals surface area (Å²) in [7, 11) is 1.64. The normalized spacial score (nSPS) is 16.1. The van der Waals surface area contributed by atoms with Gasteiger partial charge in [-0.05, 0) is 37.0 Å². The monoisotopic (exact) mass is 488 g/mol. The van der Waals surface area contributed by atoms with Crippen LogP contribution in [0.1, 0.15) is 18.4 Å². The number of carbonyl (C=O) groups is 2. The maximum Gasteiger partial charge on any atom is 0.273 e. The lowest BCUT2D eigenvalue weighted by Crippen LogP contribution is -2.42. The second-order valence-electron chi connectivity index (χ2n) is 7.95. The molecular weight excluding hydrogens is 464 g/mol. The number of thiazole rings is 1. The zero-order valence-corrected chi connectivity index (χ0v) is 19.8. The van der Waals surface area contributed by atoms with Crippen molar-refractivity contribution >= 4 is 50.2 Å². The van der Waals surface area contributed by atoms with Gasteiger partial charge >= 0.3 is 0 Å². The van der Waals surface area contributed by atoms with Crippen molar-refractivity contribution in [3.8, 4) is 0 Å². The van der Waals surface area contributed by atoms with Crippen LogP contribution < -0.4 is 21.1 Å². The summed E-state index contributed by atoms with van der Waals surface area (Å²) in [6.45, 7) is 1.68. The first-order valence-corrected chi connectivity index (χ1v) is 12.0.